The largest absolute Gasteiger partial charge is 0.368 e. The van der Waals surface area contributed by atoms with Crippen molar-refractivity contribution in [3.63, 3.8) is 0 Å². The zero-order valence-corrected chi connectivity index (χ0v) is 9.63. The zero-order valence-electron chi connectivity index (χ0n) is 9.63. The molecular weight excluding hydrogens is 233 g/mol. The summed E-state index contributed by atoms with van der Waals surface area (Å²) in [5, 5.41) is 15.1. The van der Waals surface area contributed by atoms with Crippen LogP contribution in [0.3, 0.4) is 0 Å². The van der Waals surface area contributed by atoms with E-state index in [4.69, 9.17) is 0 Å². The summed E-state index contributed by atoms with van der Waals surface area (Å²) in [6.07, 6.45) is 1.87. The molecular formula is C13H12FN3O. The maximum Gasteiger partial charge on any atom is 0.166 e. The van der Waals surface area contributed by atoms with E-state index in [1.165, 1.54) is 6.07 Å². The normalized spacial score (nSPS) is 21.4. The molecule has 18 heavy (non-hydrogen) atoms. The average molecular weight is 245 g/mol. The summed E-state index contributed by atoms with van der Waals surface area (Å²) >= 11 is 0. The van der Waals surface area contributed by atoms with Crippen molar-refractivity contribution in [3.05, 3.63) is 34.8 Å². The van der Waals surface area contributed by atoms with E-state index in [-0.39, 0.29) is 5.82 Å². The molecule has 0 bridgehead atoms. The van der Waals surface area contributed by atoms with E-state index >= 15 is 0 Å². The fraction of sp³-hybridized carbons (Fsp3) is 0.308. The van der Waals surface area contributed by atoms with Crippen LogP contribution in [-0.4, -0.2) is 15.8 Å². The molecule has 2 aromatic rings. The van der Waals surface area contributed by atoms with Gasteiger partial charge in [0.05, 0.1) is 11.2 Å². The molecule has 3 N–H and O–H groups in total. The maximum absolute atomic E-state index is 13.9. The average Bonchev–Trinajstić information content (AvgIpc) is 2.70. The number of benzene rings is 1. The Morgan fingerprint density at radius 2 is 2.22 bits per heavy atom. The van der Waals surface area contributed by atoms with Crippen molar-refractivity contribution in [2.24, 2.45) is 5.10 Å². The van der Waals surface area contributed by atoms with Gasteiger partial charge in [0.1, 0.15) is 5.82 Å². The SMILES string of the molecule is OC1NN=C2CCCc3[nH]c4c(F)ccc1c4c32. The van der Waals surface area contributed by atoms with E-state index < -0.39 is 6.23 Å². The molecule has 0 saturated heterocycles. The molecule has 0 saturated carbocycles. The highest BCUT2D eigenvalue weighted by Crippen LogP contribution is 2.36. The molecule has 0 spiro atoms. The molecule has 1 aromatic heterocycles. The molecule has 2 heterocycles. The maximum atomic E-state index is 13.9. The number of rotatable bonds is 0. The van der Waals surface area contributed by atoms with Crippen LogP contribution in [0.25, 0.3) is 10.9 Å². The second kappa shape index (κ2) is 3.32. The van der Waals surface area contributed by atoms with Crippen LogP contribution < -0.4 is 5.43 Å². The summed E-state index contributed by atoms with van der Waals surface area (Å²) in [4.78, 5) is 3.15. The van der Waals surface area contributed by atoms with Gasteiger partial charge in [-0.3, -0.25) is 5.43 Å². The number of aliphatic hydroxyl groups excluding tert-OH is 1. The highest BCUT2D eigenvalue weighted by atomic mass is 19.1. The van der Waals surface area contributed by atoms with Gasteiger partial charge in [-0.15, -0.1) is 0 Å². The summed E-state index contributed by atoms with van der Waals surface area (Å²) in [6, 6.07) is 3.01. The third-order valence-corrected chi connectivity index (χ3v) is 3.76. The molecule has 5 heteroatoms. The minimum atomic E-state index is -0.883. The number of aryl methyl sites for hydroxylation is 1. The van der Waals surface area contributed by atoms with Gasteiger partial charge < -0.3 is 10.1 Å². The Kier molecular flexibility index (Phi) is 1.86. The number of aliphatic hydroxyl groups is 1. The number of hydrogen-bond acceptors (Lipinski definition) is 3. The highest BCUT2D eigenvalue weighted by Gasteiger charge is 2.28. The predicted octanol–water partition coefficient (Wildman–Crippen LogP) is 1.94. The lowest BCUT2D eigenvalue weighted by atomic mass is 9.92. The predicted molar refractivity (Wildman–Crippen MR) is 65.8 cm³/mol. The van der Waals surface area contributed by atoms with Gasteiger partial charge in [0.25, 0.3) is 0 Å². The molecule has 92 valence electrons. The van der Waals surface area contributed by atoms with Crippen LogP contribution in [0.4, 0.5) is 4.39 Å². The van der Waals surface area contributed by atoms with Crippen LogP contribution in [-0.2, 0) is 6.42 Å². The number of H-pyrrole nitrogens is 1. The standard InChI is InChI=1S/C13H12FN3O/c14-7-5-4-6-10-11-8(15-12(7)10)2-1-3-9(11)16-17-13(6)18/h4-5,13,15,17-18H,1-3H2. The van der Waals surface area contributed by atoms with E-state index in [2.05, 4.69) is 15.5 Å². The molecule has 4 rings (SSSR count). The summed E-state index contributed by atoms with van der Waals surface area (Å²) in [5.74, 6) is -0.281. The number of halogens is 1. The van der Waals surface area contributed by atoms with E-state index in [9.17, 15) is 9.50 Å². The lowest BCUT2D eigenvalue weighted by molar-refractivity contribution is 0.143. The molecule has 1 aliphatic carbocycles. The fourth-order valence-electron chi connectivity index (χ4n) is 2.96. The summed E-state index contributed by atoms with van der Waals surface area (Å²) in [6.45, 7) is 0. The summed E-state index contributed by atoms with van der Waals surface area (Å²) in [7, 11) is 0. The third-order valence-electron chi connectivity index (χ3n) is 3.76. The molecule has 1 aliphatic heterocycles. The van der Waals surface area contributed by atoms with Gasteiger partial charge in [0, 0.05) is 22.2 Å². The Balaban J connectivity index is 2.20. The van der Waals surface area contributed by atoms with Crippen LogP contribution >= 0.6 is 0 Å². The van der Waals surface area contributed by atoms with Crippen molar-refractivity contribution >= 4 is 16.6 Å². The van der Waals surface area contributed by atoms with Gasteiger partial charge in [-0.2, -0.15) is 5.10 Å². The van der Waals surface area contributed by atoms with Gasteiger partial charge in [-0.1, -0.05) is 6.07 Å². The summed E-state index contributed by atoms with van der Waals surface area (Å²) in [5.41, 5.74) is 6.81. The van der Waals surface area contributed by atoms with Crippen LogP contribution in [0.2, 0.25) is 0 Å². The molecule has 4 nitrogen and oxygen atoms in total. The molecule has 1 aromatic carbocycles. The Labute approximate surface area is 103 Å². The second-order valence-corrected chi connectivity index (χ2v) is 4.81. The Hall–Kier alpha value is -1.88. The van der Waals surface area contributed by atoms with E-state index in [0.29, 0.717) is 11.1 Å². The van der Waals surface area contributed by atoms with Crippen LogP contribution in [0, 0.1) is 5.82 Å². The minimum Gasteiger partial charge on any atom is -0.368 e. The first kappa shape index (κ1) is 10.1. The second-order valence-electron chi connectivity index (χ2n) is 4.81. The van der Waals surface area contributed by atoms with Crippen LogP contribution in [0.5, 0.6) is 0 Å². The van der Waals surface area contributed by atoms with Crippen molar-refractivity contribution in [2.75, 3.05) is 0 Å². The third kappa shape index (κ3) is 1.14. The monoisotopic (exact) mass is 245 g/mol. The van der Waals surface area contributed by atoms with E-state index in [1.54, 1.807) is 6.07 Å². The number of hydrogen-bond donors (Lipinski definition) is 3. The number of aromatic amines is 1. The Morgan fingerprint density at radius 3 is 3.11 bits per heavy atom. The Bertz CT molecular complexity index is 689. The molecule has 0 amide bonds. The number of nitrogens with one attached hydrogen (secondary N) is 2. The fourth-order valence-corrected chi connectivity index (χ4v) is 2.96. The minimum absolute atomic E-state index is 0.281. The number of hydrazone groups is 1. The summed E-state index contributed by atoms with van der Waals surface area (Å²) < 4.78 is 13.9. The van der Waals surface area contributed by atoms with Gasteiger partial charge in [-0.25, -0.2) is 4.39 Å². The molecule has 2 aliphatic rings. The molecule has 1 atom stereocenters. The highest BCUT2D eigenvalue weighted by molar-refractivity contribution is 6.14. The van der Waals surface area contributed by atoms with Crippen molar-refractivity contribution in [3.8, 4) is 0 Å². The van der Waals surface area contributed by atoms with Crippen molar-refractivity contribution < 1.29 is 9.50 Å². The molecule has 0 fully saturated rings. The van der Waals surface area contributed by atoms with Crippen molar-refractivity contribution in [1.29, 1.82) is 0 Å². The van der Waals surface area contributed by atoms with E-state index in [1.807, 2.05) is 0 Å². The van der Waals surface area contributed by atoms with Gasteiger partial charge in [0.2, 0.25) is 0 Å². The topological polar surface area (TPSA) is 60.4 Å². The van der Waals surface area contributed by atoms with Crippen LogP contribution in [0.15, 0.2) is 17.2 Å². The lowest BCUT2D eigenvalue weighted by Crippen LogP contribution is -2.17. The first-order valence-electron chi connectivity index (χ1n) is 6.09. The Morgan fingerprint density at radius 1 is 1.33 bits per heavy atom. The quantitative estimate of drug-likeness (QED) is 0.664. The number of nitrogens with zero attached hydrogens (tertiary/aromatic N) is 1. The van der Waals surface area contributed by atoms with Gasteiger partial charge >= 0.3 is 0 Å². The van der Waals surface area contributed by atoms with Gasteiger partial charge in [0.15, 0.2) is 6.23 Å². The number of aromatic nitrogens is 1. The van der Waals surface area contributed by atoms with Crippen LogP contribution in [0.1, 0.15) is 35.9 Å². The van der Waals surface area contributed by atoms with Crippen molar-refractivity contribution in [1.82, 2.24) is 10.4 Å². The van der Waals surface area contributed by atoms with Crippen molar-refractivity contribution in [2.45, 2.75) is 25.5 Å². The zero-order chi connectivity index (χ0) is 12.3. The lowest BCUT2D eigenvalue weighted by Gasteiger charge is -2.12. The molecule has 0 radical (unpaired) electrons. The van der Waals surface area contributed by atoms with E-state index in [0.717, 1.165) is 41.6 Å². The first-order valence-corrected chi connectivity index (χ1v) is 6.09. The van der Waals surface area contributed by atoms with Gasteiger partial charge in [-0.05, 0) is 25.3 Å². The first-order chi connectivity index (χ1) is 8.75. The molecule has 1 unspecified atom stereocenters. The smallest absolute Gasteiger partial charge is 0.166 e.